The van der Waals surface area contributed by atoms with Crippen LogP contribution in [0.3, 0.4) is 0 Å². The van der Waals surface area contributed by atoms with Gasteiger partial charge in [0.05, 0.1) is 16.4 Å². The first-order chi connectivity index (χ1) is 13.7. The Bertz CT molecular complexity index is 1030. The fourth-order valence-electron chi connectivity index (χ4n) is 3.92. The molecule has 0 aliphatic carbocycles. The molecular formula is C22H28N4O2S. The van der Waals surface area contributed by atoms with Crippen molar-refractivity contribution in [2.45, 2.75) is 52.7 Å². The summed E-state index contributed by atoms with van der Waals surface area (Å²) in [7, 11) is 0. The molecule has 0 radical (unpaired) electrons. The average Bonchev–Trinajstić information content (AvgIpc) is 3.32. The van der Waals surface area contributed by atoms with Gasteiger partial charge in [-0.3, -0.25) is 0 Å². The fourth-order valence-corrected chi connectivity index (χ4v) is 4.82. The van der Waals surface area contributed by atoms with Gasteiger partial charge in [0.1, 0.15) is 5.60 Å². The van der Waals surface area contributed by atoms with Crippen LogP contribution in [0.15, 0.2) is 30.3 Å². The Labute approximate surface area is 175 Å². The molecule has 1 aromatic carbocycles. The second kappa shape index (κ2) is 7.37. The Morgan fingerprint density at radius 2 is 1.93 bits per heavy atom. The lowest BCUT2D eigenvalue weighted by Crippen LogP contribution is -2.40. The first-order valence-electron chi connectivity index (χ1n) is 10.0. The lowest BCUT2D eigenvalue weighted by atomic mass is 10.2. The van der Waals surface area contributed by atoms with Crippen LogP contribution < -0.4 is 10.2 Å². The van der Waals surface area contributed by atoms with Crippen LogP contribution in [-0.2, 0) is 4.74 Å². The highest BCUT2D eigenvalue weighted by Gasteiger charge is 2.28. The summed E-state index contributed by atoms with van der Waals surface area (Å²) in [6.45, 7) is 11.5. The zero-order valence-corrected chi connectivity index (χ0v) is 18.5. The molecule has 1 amide bonds. The summed E-state index contributed by atoms with van der Waals surface area (Å²) in [6.07, 6.45) is 0.554. The minimum Gasteiger partial charge on any atom is -0.444 e. The van der Waals surface area contributed by atoms with Gasteiger partial charge in [-0.1, -0.05) is 6.07 Å². The molecule has 1 aliphatic rings. The first kappa shape index (κ1) is 19.8. The summed E-state index contributed by atoms with van der Waals surface area (Å²) in [5, 5.41) is 4.17. The summed E-state index contributed by atoms with van der Waals surface area (Å²) in [5.74, 6) is 0.995. The van der Waals surface area contributed by atoms with E-state index in [2.05, 4.69) is 59.0 Å². The quantitative estimate of drug-likeness (QED) is 0.671. The van der Waals surface area contributed by atoms with E-state index in [1.54, 1.807) is 11.5 Å². The number of aryl methyl sites for hydroxylation is 2. The third-order valence-corrected chi connectivity index (χ3v) is 6.07. The number of ether oxygens (including phenoxy) is 1. The van der Waals surface area contributed by atoms with Gasteiger partial charge < -0.3 is 19.5 Å². The largest absolute Gasteiger partial charge is 0.444 e. The molecule has 3 aromatic rings. The van der Waals surface area contributed by atoms with Crippen molar-refractivity contribution in [1.82, 2.24) is 14.3 Å². The van der Waals surface area contributed by atoms with E-state index in [4.69, 9.17) is 9.11 Å². The van der Waals surface area contributed by atoms with Crippen LogP contribution in [0.1, 0.15) is 38.6 Å². The van der Waals surface area contributed by atoms with Gasteiger partial charge in [-0.2, -0.15) is 4.37 Å². The van der Waals surface area contributed by atoms with E-state index in [1.807, 2.05) is 20.8 Å². The summed E-state index contributed by atoms with van der Waals surface area (Å²) < 4.78 is 13.6. The van der Waals surface area contributed by atoms with Gasteiger partial charge in [0.25, 0.3) is 0 Å². The number of nitrogens with zero attached hydrogens (tertiary/aromatic N) is 3. The van der Waals surface area contributed by atoms with Crippen LogP contribution in [-0.4, -0.2) is 39.8 Å². The van der Waals surface area contributed by atoms with Gasteiger partial charge in [0, 0.05) is 29.9 Å². The number of hydrogen-bond acceptors (Lipinski definition) is 5. The predicted molar refractivity (Wildman–Crippen MR) is 118 cm³/mol. The van der Waals surface area contributed by atoms with Gasteiger partial charge in [-0.05, 0) is 76.8 Å². The maximum absolute atomic E-state index is 12.1. The lowest BCUT2D eigenvalue weighted by molar-refractivity contribution is 0.0509. The van der Waals surface area contributed by atoms with Crippen molar-refractivity contribution in [3.05, 3.63) is 41.7 Å². The van der Waals surface area contributed by atoms with Crippen molar-refractivity contribution in [3.8, 4) is 5.82 Å². The monoisotopic (exact) mass is 412 g/mol. The maximum atomic E-state index is 12.1. The number of carbonyl (C=O) groups is 1. The number of benzene rings is 1. The zero-order valence-electron chi connectivity index (χ0n) is 17.7. The standard InChI is InChI=1S/C22H28N4O2S/c1-14-9-10-15(2)26(14)20-17-7-6-8-18(19(17)29-24-20)25-12-11-16(13-25)23-21(27)28-22(3,4)5/h6-10,16H,11-13H2,1-5H3,(H,23,27). The van der Waals surface area contributed by atoms with Gasteiger partial charge in [0.15, 0.2) is 5.82 Å². The highest BCUT2D eigenvalue weighted by molar-refractivity contribution is 7.14. The molecule has 29 heavy (non-hydrogen) atoms. The minimum absolute atomic E-state index is 0.0847. The van der Waals surface area contributed by atoms with E-state index < -0.39 is 5.60 Å². The molecule has 0 saturated carbocycles. The topological polar surface area (TPSA) is 59.4 Å². The Hall–Kier alpha value is -2.54. The van der Waals surface area contributed by atoms with E-state index in [1.165, 1.54) is 27.2 Å². The second-order valence-electron chi connectivity index (χ2n) is 8.69. The Morgan fingerprint density at radius 3 is 2.62 bits per heavy atom. The minimum atomic E-state index is -0.484. The number of anilines is 1. The van der Waals surface area contributed by atoms with Crippen LogP contribution in [0.4, 0.5) is 10.5 Å². The lowest BCUT2D eigenvalue weighted by Gasteiger charge is -2.22. The number of aromatic nitrogens is 2. The molecule has 1 N–H and O–H groups in total. The van der Waals surface area contributed by atoms with Crippen LogP contribution in [0.5, 0.6) is 0 Å². The average molecular weight is 413 g/mol. The van der Waals surface area contributed by atoms with E-state index in [-0.39, 0.29) is 12.1 Å². The van der Waals surface area contributed by atoms with Gasteiger partial charge >= 0.3 is 6.09 Å². The number of amides is 1. The SMILES string of the molecule is Cc1ccc(C)n1-c1nsc2c(N3CCC(NC(=O)OC(C)(C)C)C3)cccc12. The molecule has 7 heteroatoms. The number of hydrogen-bond donors (Lipinski definition) is 1. The van der Waals surface area contributed by atoms with Crippen LogP contribution in [0.2, 0.25) is 0 Å². The van der Waals surface area contributed by atoms with Crippen molar-refractivity contribution in [3.63, 3.8) is 0 Å². The number of alkyl carbamates (subject to hydrolysis) is 1. The second-order valence-corrected chi connectivity index (χ2v) is 9.46. The van der Waals surface area contributed by atoms with Crippen molar-refractivity contribution >= 4 is 33.4 Å². The Morgan fingerprint density at radius 1 is 1.21 bits per heavy atom. The third kappa shape index (κ3) is 3.96. The zero-order chi connectivity index (χ0) is 20.8. The maximum Gasteiger partial charge on any atom is 0.407 e. The predicted octanol–water partition coefficient (Wildman–Crippen LogP) is 4.81. The molecule has 0 spiro atoms. The molecule has 1 fully saturated rings. The van der Waals surface area contributed by atoms with Crippen molar-refractivity contribution in [2.24, 2.45) is 0 Å². The highest BCUT2D eigenvalue weighted by Crippen LogP contribution is 2.36. The molecule has 1 atom stereocenters. The molecule has 6 nitrogen and oxygen atoms in total. The molecule has 3 heterocycles. The van der Waals surface area contributed by atoms with Gasteiger partial charge in [0.2, 0.25) is 0 Å². The highest BCUT2D eigenvalue weighted by atomic mass is 32.1. The molecule has 1 unspecified atom stereocenters. The fraction of sp³-hybridized carbons (Fsp3) is 0.455. The van der Waals surface area contributed by atoms with Crippen LogP contribution in [0, 0.1) is 13.8 Å². The normalized spacial score (nSPS) is 17.1. The van der Waals surface area contributed by atoms with Crippen molar-refractivity contribution < 1.29 is 9.53 Å². The Kier molecular flexibility index (Phi) is 5.02. The van der Waals surface area contributed by atoms with E-state index in [9.17, 15) is 4.79 Å². The molecule has 0 bridgehead atoms. The number of carbonyl (C=O) groups excluding carboxylic acids is 1. The van der Waals surface area contributed by atoms with Gasteiger partial charge in [-0.15, -0.1) is 0 Å². The van der Waals surface area contributed by atoms with E-state index in [0.29, 0.717) is 0 Å². The first-order valence-corrected chi connectivity index (χ1v) is 10.8. The molecule has 1 aliphatic heterocycles. The van der Waals surface area contributed by atoms with Crippen LogP contribution >= 0.6 is 11.5 Å². The number of rotatable bonds is 3. The molecule has 154 valence electrons. The van der Waals surface area contributed by atoms with Crippen LogP contribution in [0.25, 0.3) is 15.9 Å². The molecule has 1 saturated heterocycles. The number of fused-ring (bicyclic) bond motifs is 1. The van der Waals surface area contributed by atoms with Gasteiger partial charge in [-0.25, -0.2) is 4.79 Å². The summed E-state index contributed by atoms with van der Waals surface area (Å²) in [5.41, 5.74) is 3.06. The summed E-state index contributed by atoms with van der Waals surface area (Å²) in [4.78, 5) is 14.4. The van der Waals surface area contributed by atoms with Crippen molar-refractivity contribution in [2.75, 3.05) is 18.0 Å². The summed E-state index contributed by atoms with van der Waals surface area (Å²) >= 11 is 1.54. The van der Waals surface area contributed by atoms with Crippen molar-refractivity contribution in [1.29, 1.82) is 0 Å². The molecular weight excluding hydrogens is 384 g/mol. The number of nitrogens with one attached hydrogen (secondary N) is 1. The smallest absolute Gasteiger partial charge is 0.407 e. The Balaban J connectivity index is 1.56. The molecule has 2 aromatic heterocycles. The van der Waals surface area contributed by atoms with E-state index in [0.717, 1.165) is 25.3 Å². The summed E-state index contributed by atoms with van der Waals surface area (Å²) in [6, 6.07) is 10.7. The van der Waals surface area contributed by atoms with E-state index >= 15 is 0 Å². The third-order valence-electron chi connectivity index (χ3n) is 5.19. The molecule has 4 rings (SSSR count).